The zero-order valence-corrected chi connectivity index (χ0v) is 12.7. The van der Waals surface area contributed by atoms with Crippen molar-refractivity contribution in [1.82, 2.24) is 4.90 Å². The van der Waals surface area contributed by atoms with Gasteiger partial charge in [-0.05, 0) is 25.5 Å². The maximum Gasteiger partial charge on any atom is 0.117 e. The summed E-state index contributed by atoms with van der Waals surface area (Å²) in [5, 5.41) is 10.8. The summed E-state index contributed by atoms with van der Waals surface area (Å²) in [5.74, 6) is 0. The lowest BCUT2D eigenvalue weighted by Crippen LogP contribution is -2.31. The van der Waals surface area contributed by atoms with Gasteiger partial charge in [-0.25, -0.2) is 0 Å². The van der Waals surface area contributed by atoms with Crippen LogP contribution in [0.2, 0.25) is 19.6 Å². The highest BCUT2D eigenvalue weighted by atomic mass is 28.3. The van der Waals surface area contributed by atoms with Gasteiger partial charge in [-0.2, -0.15) is 5.26 Å². The molecule has 0 saturated heterocycles. The molecule has 0 aromatic carbocycles. The van der Waals surface area contributed by atoms with Crippen molar-refractivity contribution in [2.45, 2.75) is 53.3 Å². The van der Waals surface area contributed by atoms with Crippen molar-refractivity contribution < 1.29 is 0 Å². The molecule has 0 spiro atoms. The summed E-state index contributed by atoms with van der Waals surface area (Å²) < 4.78 is 0. The predicted octanol–water partition coefficient (Wildman–Crippen LogP) is 3.78. The molecule has 0 aromatic rings. The molecule has 0 unspecified atom stereocenters. The summed E-state index contributed by atoms with van der Waals surface area (Å²) in [6.07, 6.45) is 2.21. The second kappa shape index (κ2) is 6.75. The van der Waals surface area contributed by atoms with Crippen molar-refractivity contribution >= 4 is 8.07 Å². The number of nitriles is 1. The van der Waals surface area contributed by atoms with Gasteiger partial charge in [0.1, 0.15) is 11.8 Å². The molecule has 0 aliphatic heterocycles. The zero-order chi connectivity index (χ0) is 12.8. The Labute approximate surface area is 102 Å². The van der Waals surface area contributed by atoms with Crippen LogP contribution in [-0.2, 0) is 0 Å². The predicted molar refractivity (Wildman–Crippen MR) is 73.8 cm³/mol. The minimum absolute atomic E-state index is 0.928. The van der Waals surface area contributed by atoms with Crippen LogP contribution in [0, 0.1) is 11.3 Å². The molecule has 0 aliphatic carbocycles. The molecule has 0 fully saturated rings. The fourth-order valence-electron chi connectivity index (χ4n) is 1.97. The van der Waals surface area contributed by atoms with E-state index in [2.05, 4.69) is 51.4 Å². The molecule has 0 bridgehead atoms. The smallest absolute Gasteiger partial charge is 0.117 e. The lowest BCUT2D eigenvalue weighted by Gasteiger charge is -2.28. The molecule has 0 N–H and O–H groups in total. The van der Waals surface area contributed by atoms with Gasteiger partial charge < -0.3 is 4.90 Å². The van der Waals surface area contributed by atoms with Gasteiger partial charge >= 0.3 is 0 Å². The van der Waals surface area contributed by atoms with Gasteiger partial charge in [-0.15, -0.1) is 0 Å². The van der Waals surface area contributed by atoms with Gasteiger partial charge in [0.2, 0.25) is 0 Å². The summed E-state index contributed by atoms with van der Waals surface area (Å²) in [4.78, 5) is 2.20. The Bertz CT molecular complexity index is 277. The molecule has 0 aliphatic rings. The molecular weight excluding hydrogens is 212 g/mol. The molecule has 92 valence electrons. The van der Waals surface area contributed by atoms with Crippen LogP contribution in [0.5, 0.6) is 0 Å². The Hall–Kier alpha value is -0.753. The van der Waals surface area contributed by atoms with E-state index in [1.165, 1.54) is 5.20 Å². The normalized spacial score (nSPS) is 13.1. The third-order valence-electron chi connectivity index (χ3n) is 2.88. The van der Waals surface area contributed by atoms with Crippen molar-refractivity contribution in [3.8, 4) is 6.07 Å². The van der Waals surface area contributed by atoms with Crippen molar-refractivity contribution in [1.29, 1.82) is 5.26 Å². The van der Waals surface area contributed by atoms with Crippen LogP contribution < -0.4 is 0 Å². The maximum absolute atomic E-state index is 9.39. The topological polar surface area (TPSA) is 27.0 Å². The van der Waals surface area contributed by atoms with E-state index in [-0.39, 0.29) is 0 Å². The molecule has 0 aromatic heterocycles. The fourth-order valence-corrected chi connectivity index (χ4v) is 3.89. The highest BCUT2D eigenvalue weighted by molar-refractivity contribution is 6.83. The highest BCUT2D eigenvalue weighted by Crippen LogP contribution is 2.25. The van der Waals surface area contributed by atoms with Gasteiger partial charge in [0.15, 0.2) is 0 Å². The number of nitrogens with zero attached hydrogens (tertiary/aromatic N) is 2. The van der Waals surface area contributed by atoms with Crippen LogP contribution in [-0.4, -0.2) is 26.1 Å². The van der Waals surface area contributed by atoms with E-state index in [0.29, 0.717) is 0 Å². The number of hydrogen-bond acceptors (Lipinski definition) is 2. The monoisotopic (exact) mass is 238 g/mol. The average molecular weight is 238 g/mol. The Morgan fingerprint density at radius 2 is 1.62 bits per heavy atom. The second-order valence-corrected chi connectivity index (χ2v) is 10.2. The van der Waals surface area contributed by atoms with Crippen molar-refractivity contribution in [2.24, 2.45) is 0 Å². The minimum Gasteiger partial charge on any atom is -0.364 e. The van der Waals surface area contributed by atoms with E-state index in [9.17, 15) is 5.26 Å². The Morgan fingerprint density at radius 1 is 1.12 bits per heavy atom. The number of hydrogen-bond donors (Lipinski definition) is 0. The maximum atomic E-state index is 9.39. The first-order chi connectivity index (χ1) is 7.42. The van der Waals surface area contributed by atoms with E-state index in [1.807, 2.05) is 0 Å². The molecule has 3 heteroatoms. The summed E-state index contributed by atoms with van der Waals surface area (Å²) >= 11 is 0. The van der Waals surface area contributed by atoms with Crippen LogP contribution >= 0.6 is 0 Å². The second-order valence-electron chi connectivity index (χ2n) is 5.11. The third-order valence-corrected chi connectivity index (χ3v) is 5.17. The van der Waals surface area contributed by atoms with Crippen molar-refractivity contribution in [3.63, 3.8) is 0 Å². The number of rotatable bonds is 6. The van der Waals surface area contributed by atoms with Gasteiger partial charge in [-0.1, -0.05) is 33.0 Å². The van der Waals surface area contributed by atoms with Gasteiger partial charge in [0.25, 0.3) is 0 Å². The Kier molecular flexibility index (Phi) is 6.43. The first-order valence-electron chi connectivity index (χ1n) is 6.30. The molecule has 2 nitrogen and oxygen atoms in total. The standard InChI is InChI=1S/C13H26N2Si/c1-7-10-13(16(4,5)6)12(11-14)15(8-2)9-3/h7-10H2,1-6H3/b13-12+. The van der Waals surface area contributed by atoms with E-state index < -0.39 is 8.07 Å². The van der Waals surface area contributed by atoms with Crippen molar-refractivity contribution in [3.05, 3.63) is 10.9 Å². The lowest BCUT2D eigenvalue weighted by atomic mass is 10.2. The van der Waals surface area contributed by atoms with Crippen LogP contribution in [0.15, 0.2) is 10.9 Å². The average Bonchev–Trinajstić information content (AvgIpc) is 2.21. The summed E-state index contributed by atoms with van der Waals surface area (Å²) in [7, 11) is -1.37. The van der Waals surface area contributed by atoms with Crippen LogP contribution in [0.3, 0.4) is 0 Å². The van der Waals surface area contributed by atoms with Crippen LogP contribution in [0.1, 0.15) is 33.6 Å². The Balaban J connectivity index is 5.42. The van der Waals surface area contributed by atoms with E-state index in [0.717, 1.165) is 31.6 Å². The molecule has 0 saturated carbocycles. The van der Waals surface area contributed by atoms with E-state index in [1.54, 1.807) is 0 Å². The molecule has 0 rings (SSSR count). The molecule has 0 radical (unpaired) electrons. The molecule has 0 atom stereocenters. The highest BCUT2D eigenvalue weighted by Gasteiger charge is 2.24. The van der Waals surface area contributed by atoms with Gasteiger partial charge in [0, 0.05) is 13.1 Å². The molecule has 0 amide bonds. The van der Waals surface area contributed by atoms with Crippen LogP contribution in [0.25, 0.3) is 0 Å². The van der Waals surface area contributed by atoms with Crippen molar-refractivity contribution in [2.75, 3.05) is 13.1 Å². The zero-order valence-electron chi connectivity index (χ0n) is 11.7. The Morgan fingerprint density at radius 3 is 1.88 bits per heavy atom. The minimum atomic E-state index is -1.37. The fraction of sp³-hybridized carbons (Fsp3) is 0.769. The first-order valence-corrected chi connectivity index (χ1v) is 9.80. The molecular formula is C13H26N2Si. The first kappa shape index (κ1) is 15.2. The largest absolute Gasteiger partial charge is 0.364 e. The van der Waals surface area contributed by atoms with Crippen LogP contribution in [0.4, 0.5) is 0 Å². The summed E-state index contributed by atoms with van der Waals surface area (Å²) in [6, 6.07) is 2.44. The number of allylic oxidation sites excluding steroid dienone is 2. The third kappa shape index (κ3) is 4.01. The van der Waals surface area contributed by atoms with E-state index >= 15 is 0 Å². The molecule has 0 heterocycles. The SMILES string of the molecule is CCC/C(=C(/C#N)N(CC)CC)[Si](C)(C)C. The molecule has 16 heavy (non-hydrogen) atoms. The van der Waals surface area contributed by atoms with Gasteiger partial charge in [-0.3, -0.25) is 0 Å². The summed E-state index contributed by atoms with van der Waals surface area (Å²) in [5.41, 5.74) is 0.950. The van der Waals surface area contributed by atoms with E-state index in [4.69, 9.17) is 0 Å². The lowest BCUT2D eigenvalue weighted by molar-refractivity contribution is 0.393. The summed E-state index contributed by atoms with van der Waals surface area (Å²) in [6.45, 7) is 15.3. The quantitative estimate of drug-likeness (QED) is 0.520. The van der Waals surface area contributed by atoms with Gasteiger partial charge in [0.05, 0.1) is 8.07 Å².